The van der Waals surface area contributed by atoms with E-state index >= 15 is 0 Å². The van der Waals surface area contributed by atoms with Crippen LogP contribution < -0.4 is 0 Å². The molecule has 1 aromatic heterocycles. The average molecular weight is 148 g/mol. The highest BCUT2D eigenvalue weighted by Crippen LogP contribution is 2.17. The Morgan fingerprint density at radius 2 is 2.64 bits per heavy atom. The number of rotatable bonds is 0. The first kappa shape index (κ1) is 6.44. The normalized spacial score (nSPS) is 21.3. The van der Waals surface area contributed by atoms with Gasteiger partial charge in [0.05, 0.1) is 30.1 Å². The van der Waals surface area contributed by atoms with Crippen LogP contribution in [0.15, 0.2) is 6.20 Å². The molecule has 0 saturated heterocycles. The van der Waals surface area contributed by atoms with Crippen molar-refractivity contribution in [3.63, 3.8) is 0 Å². The number of nitrogens with zero attached hydrogens (tertiary/aromatic N) is 2. The van der Waals surface area contributed by atoms with Crippen molar-refractivity contribution < 1.29 is 5.11 Å². The zero-order valence-corrected chi connectivity index (χ0v) is 5.99. The second-order valence-electron chi connectivity index (χ2n) is 2.69. The van der Waals surface area contributed by atoms with Gasteiger partial charge < -0.3 is 5.11 Å². The molecular weight excluding hydrogens is 140 g/mol. The minimum Gasteiger partial charge on any atom is -0.391 e. The molecule has 1 N–H and O–H groups in total. The van der Waals surface area contributed by atoms with E-state index in [0.717, 1.165) is 11.3 Å². The molecule has 1 aliphatic rings. The molecular formula is C8H8N2O. The van der Waals surface area contributed by atoms with Gasteiger partial charge >= 0.3 is 0 Å². The van der Waals surface area contributed by atoms with Crippen molar-refractivity contribution in [3.8, 4) is 12.3 Å². The van der Waals surface area contributed by atoms with E-state index in [2.05, 4.69) is 11.0 Å². The molecule has 1 aromatic rings. The molecule has 0 saturated carbocycles. The zero-order valence-electron chi connectivity index (χ0n) is 5.99. The summed E-state index contributed by atoms with van der Waals surface area (Å²) in [5.74, 6) is 2.53. The molecule has 1 aliphatic heterocycles. The third kappa shape index (κ3) is 0.837. The van der Waals surface area contributed by atoms with Gasteiger partial charge in [0.1, 0.15) is 0 Å². The van der Waals surface area contributed by atoms with Crippen LogP contribution in [0.3, 0.4) is 0 Å². The quantitative estimate of drug-likeness (QED) is 0.516. The highest BCUT2D eigenvalue weighted by atomic mass is 16.3. The number of aromatic nitrogens is 2. The summed E-state index contributed by atoms with van der Waals surface area (Å²) < 4.78 is 1.76. The van der Waals surface area contributed by atoms with Crippen molar-refractivity contribution in [2.45, 2.75) is 19.1 Å². The van der Waals surface area contributed by atoms with Gasteiger partial charge in [-0.1, -0.05) is 5.92 Å². The molecule has 0 aromatic carbocycles. The molecule has 0 bridgehead atoms. The molecule has 3 heteroatoms. The number of hydrogen-bond acceptors (Lipinski definition) is 2. The summed E-state index contributed by atoms with van der Waals surface area (Å²) in [5.41, 5.74) is 1.79. The molecule has 0 fully saturated rings. The SMILES string of the molecule is C#Cc1cnn2c1C[C@@H](O)C2. The fourth-order valence-electron chi connectivity index (χ4n) is 1.39. The lowest BCUT2D eigenvalue weighted by molar-refractivity contribution is 0.172. The minimum atomic E-state index is -0.300. The van der Waals surface area contributed by atoms with Crippen molar-refractivity contribution in [3.05, 3.63) is 17.5 Å². The number of aliphatic hydroxyl groups is 1. The van der Waals surface area contributed by atoms with E-state index in [0.29, 0.717) is 13.0 Å². The van der Waals surface area contributed by atoms with Crippen molar-refractivity contribution in [2.75, 3.05) is 0 Å². The fourth-order valence-corrected chi connectivity index (χ4v) is 1.39. The summed E-state index contributed by atoms with van der Waals surface area (Å²) in [6.07, 6.45) is 7.23. The average Bonchev–Trinajstić information content (AvgIpc) is 2.45. The Balaban J connectivity index is 2.46. The molecule has 0 spiro atoms. The van der Waals surface area contributed by atoms with Gasteiger partial charge in [-0.25, -0.2) is 0 Å². The van der Waals surface area contributed by atoms with E-state index in [4.69, 9.17) is 6.42 Å². The molecule has 11 heavy (non-hydrogen) atoms. The standard InChI is InChI=1S/C8H8N2O/c1-2-6-4-9-10-5-7(11)3-8(6)10/h1,4,7,11H,3,5H2/t7-/m1/s1. The zero-order chi connectivity index (χ0) is 7.84. The third-order valence-electron chi connectivity index (χ3n) is 1.92. The van der Waals surface area contributed by atoms with Crippen LogP contribution in [0.25, 0.3) is 0 Å². The van der Waals surface area contributed by atoms with E-state index in [-0.39, 0.29) is 6.10 Å². The molecule has 2 heterocycles. The number of aliphatic hydroxyl groups excluding tert-OH is 1. The number of hydrogen-bond donors (Lipinski definition) is 1. The Morgan fingerprint density at radius 1 is 1.82 bits per heavy atom. The predicted octanol–water partition coefficient (Wildman–Crippen LogP) is -0.219. The molecule has 0 unspecified atom stereocenters. The summed E-state index contributed by atoms with van der Waals surface area (Å²) in [6, 6.07) is 0. The van der Waals surface area contributed by atoms with Crippen LogP contribution in [-0.4, -0.2) is 21.0 Å². The van der Waals surface area contributed by atoms with E-state index < -0.39 is 0 Å². The summed E-state index contributed by atoms with van der Waals surface area (Å²) in [4.78, 5) is 0. The monoisotopic (exact) mass is 148 g/mol. The lowest BCUT2D eigenvalue weighted by atomic mass is 10.2. The molecule has 0 amide bonds. The van der Waals surface area contributed by atoms with E-state index in [1.165, 1.54) is 0 Å². The number of fused-ring (bicyclic) bond motifs is 1. The molecule has 0 radical (unpaired) electrons. The van der Waals surface area contributed by atoms with Crippen LogP contribution in [0.5, 0.6) is 0 Å². The minimum absolute atomic E-state index is 0.300. The largest absolute Gasteiger partial charge is 0.391 e. The first-order valence-corrected chi connectivity index (χ1v) is 3.50. The van der Waals surface area contributed by atoms with Gasteiger partial charge in [0.25, 0.3) is 0 Å². The first-order valence-electron chi connectivity index (χ1n) is 3.50. The molecule has 56 valence electrons. The van der Waals surface area contributed by atoms with Gasteiger partial charge in [-0.15, -0.1) is 6.42 Å². The molecule has 1 atom stereocenters. The van der Waals surface area contributed by atoms with Crippen molar-refractivity contribution >= 4 is 0 Å². The third-order valence-corrected chi connectivity index (χ3v) is 1.92. The van der Waals surface area contributed by atoms with E-state index in [1.54, 1.807) is 10.9 Å². The van der Waals surface area contributed by atoms with Crippen molar-refractivity contribution in [1.82, 2.24) is 9.78 Å². The Labute approximate surface area is 64.7 Å². The maximum atomic E-state index is 9.23. The second-order valence-corrected chi connectivity index (χ2v) is 2.69. The highest BCUT2D eigenvalue weighted by molar-refractivity contribution is 5.36. The Morgan fingerprint density at radius 3 is 3.36 bits per heavy atom. The summed E-state index contributed by atoms with van der Waals surface area (Å²) in [5, 5.41) is 13.3. The lowest BCUT2D eigenvalue weighted by Crippen LogP contribution is -2.07. The maximum absolute atomic E-state index is 9.23. The van der Waals surface area contributed by atoms with Crippen molar-refractivity contribution in [1.29, 1.82) is 0 Å². The van der Waals surface area contributed by atoms with Crippen LogP contribution in [-0.2, 0) is 13.0 Å². The number of terminal acetylenes is 1. The van der Waals surface area contributed by atoms with Gasteiger partial charge in [-0.05, 0) is 0 Å². The fraction of sp³-hybridized carbons (Fsp3) is 0.375. The lowest BCUT2D eigenvalue weighted by Gasteiger charge is -1.94. The highest BCUT2D eigenvalue weighted by Gasteiger charge is 2.22. The van der Waals surface area contributed by atoms with Crippen molar-refractivity contribution in [2.24, 2.45) is 0 Å². The Hall–Kier alpha value is -1.27. The van der Waals surface area contributed by atoms with Crippen LogP contribution in [0.1, 0.15) is 11.3 Å². The first-order chi connectivity index (χ1) is 5.31. The summed E-state index contributed by atoms with van der Waals surface area (Å²) >= 11 is 0. The molecule has 2 rings (SSSR count). The van der Waals surface area contributed by atoms with Gasteiger partial charge in [0, 0.05) is 6.42 Å². The summed E-state index contributed by atoms with van der Waals surface area (Å²) in [6.45, 7) is 0.580. The van der Waals surface area contributed by atoms with E-state index in [9.17, 15) is 5.11 Å². The molecule has 3 nitrogen and oxygen atoms in total. The maximum Gasteiger partial charge on any atom is 0.0791 e. The molecule has 0 aliphatic carbocycles. The van der Waals surface area contributed by atoms with Gasteiger partial charge in [-0.3, -0.25) is 4.68 Å². The van der Waals surface area contributed by atoms with Crippen LogP contribution >= 0.6 is 0 Å². The predicted molar refractivity (Wildman–Crippen MR) is 39.9 cm³/mol. The topological polar surface area (TPSA) is 38.0 Å². The van der Waals surface area contributed by atoms with Crippen LogP contribution in [0.2, 0.25) is 0 Å². The Bertz CT molecular complexity index is 321. The van der Waals surface area contributed by atoms with Gasteiger partial charge in [-0.2, -0.15) is 5.10 Å². The van der Waals surface area contributed by atoms with Crippen LogP contribution in [0, 0.1) is 12.3 Å². The Kier molecular flexibility index (Phi) is 1.23. The van der Waals surface area contributed by atoms with Crippen LogP contribution in [0.4, 0.5) is 0 Å². The van der Waals surface area contributed by atoms with Gasteiger partial charge in [0.15, 0.2) is 0 Å². The van der Waals surface area contributed by atoms with E-state index in [1.807, 2.05) is 0 Å². The summed E-state index contributed by atoms with van der Waals surface area (Å²) in [7, 11) is 0. The van der Waals surface area contributed by atoms with Gasteiger partial charge in [0.2, 0.25) is 0 Å². The smallest absolute Gasteiger partial charge is 0.0791 e. The second kappa shape index (κ2) is 2.11.